The summed E-state index contributed by atoms with van der Waals surface area (Å²) >= 11 is 0. The largest absolute Gasteiger partial charge is 0.450 e. The van der Waals surface area contributed by atoms with E-state index in [1.165, 1.54) is 12.1 Å². The highest BCUT2D eigenvalue weighted by atomic mass is 19.4. The van der Waals surface area contributed by atoms with Crippen molar-refractivity contribution in [3.8, 4) is 0 Å². The molecule has 92 valence electrons. The standard InChI is InChI=1S/C12H11F3O2/c1-7-3-5-9(6-4-7)10(16)8(2)11(17)12(13,14)15/h3-6,8H,1-2H3. The number of Topliss-reactive ketones (excluding diaryl/α,β-unsaturated/α-hetero) is 2. The maximum Gasteiger partial charge on any atom is 0.450 e. The Morgan fingerprint density at radius 3 is 2.00 bits per heavy atom. The molecule has 0 radical (unpaired) electrons. The second-order valence-corrected chi connectivity index (χ2v) is 3.81. The first-order valence-electron chi connectivity index (χ1n) is 4.95. The van der Waals surface area contributed by atoms with Crippen LogP contribution in [-0.2, 0) is 4.79 Å². The van der Waals surface area contributed by atoms with Crippen LogP contribution in [0.3, 0.4) is 0 Å². The van der Waals surface area contributed by atoms with Crippen LogP contribution in [0.5, 0.6) is 0 Å². The highest BCUT2D eigenvalue weighted by Gasteiger charge is 2.44. The molecule has 0 aliphatic heterocycles. The average molecular weight is 244 g/mol. The summed E-state index contributed by atoms with van der Waals surface area (Å²) in [5.41, 5.74) is 0.997. The first kappa shape index (κ1) is 13.4. The molecule has 1 aromatic carbocycles. The smallest absolute Gasteiger partial charge is 0.293 e. The van der Waals surface area contributed by atoms with Crippen LogP contribution in [0.1, 0.15) is 22.8 Å². The highest BCUT2D eigenvalue weighted by molar-refractivity contribution is 6.11. The Bertz CT molecular complexity index is 432. The van der Waals surface area contributed by atoms with Crippen LogP contribution >= 0.6 is 0 Å². The highest BCUT2D eigenvalue weighted by Crippen LogP contribution is 2.23. The molecule has 0 amide bonds. The summed E-state index contributed by atoms with van der Waals surface area (Å²) in [4.78, 5) is 22.5. The van der Waals surface area contributed by atoms with Crippen LogP contribution in [0.25, 0.3) is 0 Å². The summed E-state index contributed by atoms with van der Waals surface area (Å²) in [5.74, 6) is -4.52. The molecule has 0 bridgehead atoms. The number of hydrogen-bond acceptors (Lipinski definition) is 2. The molecule has 1 aromatic rings. The fourth-order valence-electron chi connectivity index (χ4n) is 1.33. The summed E-state index contributed by atoms with van der Waals surface area (Å²) < 4.78 is 36.4. The zero-order valence-corrected chi connectivity index (χ0v) is 9.34. The van der Waals surface area contributed by atoms with Gasteiger partial charge in [0.05, 0.1) is 5.92 Å². The number of aryl methyl sites for hydroxylation is 1. The quantitative estimate of drug-likeness (QED) is 0.605. The van der Waals surface area contributed by atoms with Crippen LogP contribution in [0.4, 0.5) is 13.2 Å². The molecule has 1 rings (SSSR count). The van der Waals surface area contributed by atoms with E-state index in [2.05, 4.69) is 0 Å². The molecule has 1 atom stereocenters. The van der Waals surface area contributed by atoms with E-state index in [9.17, 15) is 22.8 Å². The van der Waals surface area contributed by atoms with Crippen molar-refractivity contribution in [1.29, 1.82) is 0 Å². The minimum absolute atomic E-state index is 0.112. The molecule has 0 aliphatic carbocycles. The fourth-order valence-corrected chi connectivity index (χ4v) is 1.33. The van der Waals surface area contributed by atoms with Crippen molar-refractivity contribution in [2.45, 2.75) is 20.0 Å². The van der Waals surface area contributed by atoms with Crippen molar-refractivity contribution < 1.29 is 22.8 Å². The van der Waals surface area contributed by atoms with E-state index in [0.717, 1.165) is 12.5 Å². The van der Waals surface area contributed by atoms with E-state index >= 15 is 0 Å². The van der Waals surface area contributed by atoms with Crippen LogP contribution in [0.15, 0.2) is 24.3 Å². The molecule has 2 nitrogen and oxygen atoms in total. The van der Waals surface area contributed by atoms with Gasteiger partial charge in [-0.15, -0.1) is 0 Å². The van der Waals surface area contributed by atoms with Gasteiger partial charge in [0.1, 0.15) is 0 Å². The van der Waals surface area contributed by atoms with Gasteiger partial charge in [-0.25, -0.2) is 0 Å². The Hall–Kier alpha value is -1.65. The first-order chi connectivity index (χ1) is 7.73. The molecule has 0 fully saturated rings. The number of carbonyl (C=O) groups is 2. The van der Waals surface area contributed by atoms with Crippen LogP contribution in [0.2, 0.25) is 0 Å². The van der Waals surface area contributed by atoms with Crippen LogP contribution < -0.4 is 0 Å². The third-order valence-corrected chi connectivity index (χ3v) is 2.40. The van der Waals surface area contributed by atoms with E-state index in [-0.39, 0.29) is 5.56 Å². The minimum Gasteiger partial charge on any atom is -0.293 e. The molecule has 0 N–H and O–H groups in total. The fraction of sp³-hybridized carbons (Fsp3) is 0.333. The van der Waals surface area contributed by atoms with Gasteiger partial charge in [0.15, 0.2) is 5.78 Å². The topological polar surface area (TPSA) is 34.1 Å². The molecule has 0 aliphatic rings. The third-order valence-electron chi connectivity index (χ3n) is 2.40. The summed E-state index contributed by atoms with van der Waals surface area (Å²) in [6, 6.07) is 6.05. The number of benzene rings is 1. The van der Waals surface area contributed by atoms with Gasteiger partial charge in [-0.2, -0.15) is 13.2 Å². The van der Waals surface area contributed by atoms with E-state index in [1.54, 1.807) is 19.1 Å². The molecule has 0 aromatic heterocycles. The number of carbonyl (C=O) groups excluding carboxylic acids is 2. The first-order valence-corrected chi connectivity index (χ1v) is 4.95. The second kappa shape index (κ2) is 4.69. The molecular weight excluding hydrogens is 233 g/mol. The van der Waals surface area contributed by atoms with Gasteiger partial charge in [0, 0.05) is 5.56 Å². The Morgan fingerprint density at radius 2 is 1.59 bits per heavy atom. The lowest BCUT2D eigenvalue weighted by atomic mass is 9.95. The zero-order valence-electron chi connectivity index (χ0n) is 9.34. The molecule has 1 unspecified atom stereocenters. The lowest BCUT2D eigenvalue weighted by molar-refractivity contribution is -0.173. The van der Waals surface area contributed by atoms with Gasteiger partial charge in [-0.1, -0.05) is 29.8 Å². The van der Waals surface area contributed by atoms with Gasteiger partial charge >= 0.3 is 6.18 Å². The van der Waals surface area contributed by atoms with Crippen molar-refractivity contribution in [1.82, 2.24) is 0 Å². The molecule has 17 heavy (non-hydrogen) atoms. The van der Waals surface area contributed by atoms with Crippen molar-refractivity contribution in [3.05, 3.63) is 35.4 Å². The minimum atomic E-state index is -4.97. The van der Waals surface area contributed by atoms with Crippen molar-refractivity contribution in [3.63, 3.8) is 0 Å². The Balaban J connectivity index is 2.91. The number of rotatable bonds is 3. The second-order valence-electron chi connectivity index (χ2n) is 3.81. The predicted molar refractivity (Wildman–Crippen MR) is 55.7 cm³/mol. The lowest BCUT2D eigenvalue weighted by Crippen LogP contribution is -2.33. The average Bonchev–Trinajstić information content (AvgIpc) is 2.26. The molecule has 5 heteroatoms. The predicted octanol–water partition coefficient (Wildman–Crippen LogP) is 2.95. The molecule has 0 saturated carbocycles. The third kappa shape index (κ3) is 3.15. The Kier molecular flexibility index (Phi) is 3.70. The molecule has 0 saturated heterocycles. The maximum atomic E-state index is 12.1. The van der Waals surface area contributed by atoms with Gasteiger partial charge in [0.2, 0.25) is 5.78 Å². The number of ketones is 2. The van der Waals surface area contributed by atoms with Crippen molar-refractivity contribution in [2.24, 2.45) is 5.92 Å². The SMILES string of the molecule is Cc1ccc(C(=O)C(C)C(=O)C(F)(F)F)cc1. The normalized spacial score (nSPS) is 13.2. The van der Waals surface area contributed by atoms with Crippen LogP contribution in [0, 0.1) is 12.8 Å². The molecule has 0 heterocycles. The summed E-state index contributed by atoms with van der Waals surface area (Å²) in [7, 11) is 0. The summed E-state index contributed by atoms with van der Waals surface area (Å²) in [6.45, 7) is 2.76. The van der Waals surface area contributed by atoms with Gasteiger partial charge in [-0.05, 0) is 13.8 Å². The summed E-state index contributed by atoms with van der Waals surface area (Å²) in [5, 5.41) is 0. The van der Waals surface area contributed by atoms with Gasteiger partial charge in [0.25, 0.3) is 0 Å². The number of halogens is 3. The summed E-state index contributed by atoms with van der Waals surface area (Å²) in [6.07, 6.45) is -4.97. The maximum absolute atomic E-state index is 12.1. The van der Waals surface area contributed by atoms with Crippen molar-refractivity contribution >= 4 is 11.6 Å². The molecule has 0 spiro atoms. The van der Waals surface area contributed by atoms with Gasteiger partial charge < -0.3 is 0 Å². The van der Waals surface area contributed by atoms with Gasteiger partial charge in [-0.3, -0.25) is 9.59 Å². The number of alkyl halides is 3. The Morgan fingerprint density at radius 1 is 1.12 bits per heavy atom. The van der Waals surface area contributed by atoms with Crippen LogP contribution in [-0.4, -0.2) is 17.7 Å². The van der Waals surface area contributed by atoms with E-state index in [0.29, 0.717) is 0 Å². The van der Waals surface area contributed by atoms with E-state index < -0.39 is 23.7 Å². The molecular formula is C12H11F3O2. The Labute approximate surface area is 96.4 Å². The van der Waals surface area contributed by atoms with E-state index in [4.69, 9.17) is 0 Å². The number of hydrogen-bond donors (Lipinski definition) is 0. The van der Waals surface area contributed by atoms with E-state index in [1.807, 2.05) is 0 Å². The monoisotopic (exact) mass is 244 g/mol. The van der Waals surface area contributed by atoms with Crippen molar-refractivity contribution in [2.75, 3.05) is 0 Å². The lowest BCUT2D eigenvalue weighted by Gasteiger charge is -2.11. The zero-order chi connectivity index (χ0) is 13.2.